The SMILES string of the molecule is CNc1c(OCc2ccc(F)cn2)cc(NSc2ccc(Cl)cc2F)cc1C1(C=O)CCC1. The molecule has 2 N–H and O–H groups in total. The number of rotatable bonds is 9. The Morgan fingerprint density at radius 3 is 2.64 bits per heavy atom. The maximum atomic E-state index is 14.2. The van der Waals surface area contributed by atoms with Gasteiger partial charge in [-0.15, -0.1) is 0 Å². The monoisotopic (exact) mass is 489 g/mol. The second kappa shape index (κ2) is 9.97. The van der Waals surface area contributed by atoms with Gasteiger partial charge in [-0.25, -0.2) is 8.78 Å². The van der Waals surface area contributed by atoms with Crippen molar-refractivity contribution in [3.8, 4) is 5.75 Å². The van der Waals surface area contributed by atoms with Crippen molar-refractivity contribution in [3.63, 3.8) is 0 Å². The molecular formula is C24H22ClF2N3O2S. The van der Waals surface area contributed by atoms with Crippen molar-refractivity contribution >= 4 is 41.2 Å². The number of pyridine rings is 1. The quantitative estimate of drug-likeness (QED) is 0.269. The van der Waals surface area contributed by atoms with Gasteiger partial charge in [0.05, 0.1) is 27.9 Å². The number of nitrogens with zero attached hydrogens (tertiary/aromatic N) is 1. The maximum absolute atomic E-state index is 14.2. The number of aromatic nitrogens is 1. The summed E-state index contributed by atoms with van der Waals surface area (Å²) in [5.41, 5.74) is 2.13. The molecule has 5 nitrogen and oxygen atoms in total. The minimum Gasteiger partial charge on any atom is -0.485 e. The molecule has 4 rings (SSSR count). The Bertz CT molecular complexity index is 1160. The number of ether oxygens (including phenoxy) is 1. The number of hydrogen-bond donors (Lipinski definition) is 2. The molecule has 1 fully saturated rings. The fourth-order valence-electron chi connectivity index (χ4n) is 3.76. The Hall–Kier alpha value is -2.84. The normalized spacial score (nSPS) is 14.3. The number of hydrogen-bond acceptors (Lipinski definition) is 6. The molecule has 1 saturated carbocycles. The Balaban J connectivity index is 1.65. The van der Waals surface area contributed by atoms with Crippen molar-refractivity contribution in [1.82, 2.24) is 4.98 Å². The number of benzene rings is 2. The predicted octanol–water partition coefficient (Wildman–Crippen LogP) is 6.37. The first-order valence-corrected chi connectivity index (χ1v) is 11.6. The number of halogens is 3. The van der Waals surface area contributed by atoms with Crippen LogP contribution in [0.3, 0.4) is 0 Å². The molecule has 0 bridgehead atoms. The lowest BCUT2D eigenvalue weighted by Crippen LogP contribution is -2.36. The standard InChI is InChI=1S/C24H22ClF2N3O2S/c1-28-23-19(24(14-31)7-2-8-24)10-18(30-33-22-6-3-15(25)9-20(22)27)11-21(23)32-13-17-5-4-16(26)12-29-17/h3-6,9-12,14,28,30H,2,7-8,13H2,1H3. The molecule has 0 aliphatic heterocycles. The van der Waals surface area contributed by atoms with Crippen LogP contribution in [0.4, 0.5) is 20.2 Å². The molecule has 0 amide bonds. The van der Waals surface area contributed by atoms with Crippen LogP contribution < -0.4 is 14.8 Å². The van der Waals surface area contributed by atoms with Crippen LogP contribution in [-0.2, 0) is 16.8 Å². The third-order valence-electron chi connectivity index (χ3n) is 5.70. The predicted molar refractivity (Wildman–Crippen MR) is 127 cm³/mol. The summed E-state index contributed by atoms with van der Waals surface area (Å²) in [7, 11) is 1.77. The highest BCUT2D eigenvalue weighted by atomic mass is 35.5. The molecule has 0 atom stereocenters. The fraction of sp³-hybridized carbons (Fsp3) is 0.250. The van der Waals surface area contributed by atoms with Crippen LogP contribution in [0.2, 0.25) is 5.02 Å². The van der Waals surface area contributed by atoms with E-state index in [0.717, 1.165) is 49.3 Å². The number of carbonyl (C=O) groups is 1. The van der Waals surface area contributed by atoms with Gasteiger partial charge < -0.3 is 19.6 Å². The Kier molecular flexibility index (Phi) is 7.05. The molecule has 3 aromatic rings. The zero-order valence-electron chi connectivity index (χ0n) is 17.8. The summed E-state index contributed by atoms with van der Waals surface area (Å²) in [4.78, 5) is 16.5. The van der Waals surface area contributed by atoms with E-state index in [4.69, 9.17) is 16.3 Å². The summed E-state index contributed by atoms with van der Waals surface area (Å²) < 4.78 is 36.6. The van der Waals surface area contributed by atoms with E-state index in [1.807, 2.05) is 6.07 Å². The Labute approximate surface area is 200 Å². The first-order valence-electron chi connectivity index (χ1n) is 10.4. The minimum absolute atomic E-state index is 0.116. The van der Waals surface area contributed by atoms with Gasteiger partial charge in [0.1, 0.15) is 30.3 Å². The van der Waals surface area contributed by atoms with Crippen molar-refractivity contribution in [2.45, 2.75) is 36.2 Å². The molecule has 0 saturated heterocycles. The van der Waals surface area contributed by atoms with Crippen LogP contribution in [0.25, 0.3) is 0 Å². The Morgan fingerprint density at radius 2 is 2.03 bits per heavy atom. The largest absolute Gasteiger partial charge is 0.485 e. The fourth-order valence-corrected chi connectivity index (χ4v) is 4.56. The highest BCUT2D eigenvalue weighted by Gasteiger charge is 2.41. The van der Waals surface area contributed by atoms with Crippen LogP contribution in [0.5, 0.6) is 5.75 Å². The van der Waals surface area contributed by atoms with Crippen LogP contribution >= 0.6 is 23.5 Å². The van der Waals surface area contributed by atoms with E-state index >= 15 is 0 Å². The van der Waals surface area contributed by atoms with E-state index in [-0.39, 0.29) is 6.61 Å². The zero-order valence-corrected chi connectivity index (χ0v) is 19.4. The number of nitrogens with one attached hydrogen (secondary N) is 2. The average molecular weight is 490 g/mol. The second-order valence-electron chi connectivity index (χ2n) is 7.81. The van der Waals surface area contributed by atoms with E-state index in [0.29, 0.717) is 32.7 Å². The third kappa shape index (κ3) is 5.07. The molecule has 1 heterocycles. The summed E-state index contributed by atoms with van der Waals surface area (Å²) in [5.74, 6) is -0.351. The molecule has 9 heteroatoms. The first-order chi connectivity index (χ1) is 15.9. The lowest BCUT2D eigenvalue weighted by molar-refractivity contribution is -0.115. The van der Waals surface area contributed by atoms with Gasteiger partial charge in [-0.2, -0.15) is 0 Å². The van der Waals surface area contributed by atoms with Crippen LogP contribution in [0, 0.1) is 11.6 Å². The molecule has 172 valence electrons. The van der Waals surface area contributed by atoms with E-state index in [9.17, 15) is 13.6 Å². The van der Waals surface area contributed by atoms with Crippen LogP contribution in [0.1, 0.15) is 30.5 Å². The van der Waals surface area contributed by atoms with E-state index in [1.165, 1.54) is 12.1 Å². The minimum atomic E-state index is -0.599. The van der Waals surface area contributed by atoms with Gasteiger partial charge in [-0.05, 0) is 66.8 Å². The van der Waals surface area contributed by atoms with Gasteiger partial charge in [-0.1, -0.05) is 18.0 Å². The molecule has 1 aromatic heterocycles. The average Bonchev–Trinajstić information content (AvgIpc) is 2.78. The molecule has 0 radical (unpaired) electrons. The maximum Gasteiger partial charge on any atom is 0.145 e. The summed E-state index contributed by atoms with van der Waals surface area (Å²) in [6.07, 6.45) is 4.57. The smallest absolute Gasteiger partial charge is 0.145 e. The summed E-state index contributed by atoms with van der Waals surface area (Å²) >= 11 is 6.94. The number of aldehydes is 1. The molecule has 1 aliphatic carbocycles. The van der Waals surface area contributed by atoms with Gasteiger partial charge in [0.25, 0.3) is 0 Å². The molecule has 2 aromatic carbocycles. The van der Waals surface area contributed by atoms with E-state index in [1.54, 1.807) is 31.3 Å². The van der Waals surface area contributed by atoms with Gasteiger partial charge in [0.2, 0.25) is 0 Å². The topological polar surface area (TPSA) is 63.2 Å². The van der Waals surface area contributed by atoms with Crippen molar-refractivity contribution in [1.29, 1.82) is 0 Å². The highest BCUT2D eigenvalue weighted by molar-refractivity contribution is 8.00. The van der Waals surface area contributed by atoms with Gasteiger partial charge in [-0.3, -0.25) is 4.98 Å². The van der Waals surface area contributed by atoms with Crippen molar-refractivity contribution in [3.05, 3.63) is 76.6 Å². The number of anilines is 2. The van der Waals surface area contributed by atoms with E-state index in [2.05, 4.69) is 15.0 Å². The summed E-state index contributed by atoms with van der Waals surface area (Å²) in [5, 5.41) is 3.48. The van der Waals surface area contributed by atoms with Crippen molar-refractivity contribution in [2.75, 3.05) is 17.1 Å². The zero-order chi connectivity index (χ0) is 23.4. The Morgan fingerprint density at radius 1 is 1.21 bits per heavy atom. The molecule has 1 aliphatic rings. The van der Waals surface area contributed by atoms with Crippen LogP contribution in [-0.4, -0.2) is 18.3 Å². The van der Waals surface area contributed by atoms with Gasteiger partial charge in [0.15, 0.2) is 0 Å². The molecule has 0 spiro atoms. The molecule has 0 unspecified atom stereocenters. The highest BCUT2D eigenvalue weighted by Crippen LogP contribution is 2.49. The lowest BCUT2D eigenvalue weighted by Gasteiger charge is -2.39. The van der Waals surface area contributed by atoms with E-state index < -0.39 is 17.0 Å². The number of carbonyl (C=O) groups excluding carboxylic acids is 1. The molecule has 33 heavy (non-hydrogen) atoms. The van der Waals surface area contributed by atoms with Crippen molar-refractivity contribution < 1.29 is 18.3 Å². The summed E-state index contributed by atoms with van der Waals surface area (Å²) in [6, 6.07) is 11.0. The van der Waals surface area contributed by atoms with Crippen molar-refractivity contribution in [2.24, 2.45) is 0 Å². The van der Waals surface area contributed by atoms with Gasteiger partial charge in [0, 0.05) is 23.8 Å². The first kappa shape index (κ1) is 23.3. The second-order valence-corrected chi connectivity index (χ2v) is 9.09. The summed E-state index contributed by atoms with van der Waals surface area (Å²) in [6.45, 7) is 0.116. The van der Waals surface area contributed by atoms with Gasteiger partial charge >= 0.3 is 0 Å². The third-order valence-corrected chi connectivity index (χ3v) is 6.82. The lowest BCUT2D eigenvalue weighted by atomic mass is 9.65. The molecular weight excluding hydrogens is 468 g/mol. The van der Waals surface area contributed by atoms with Crippen LogP contribution in [0.15, 0.2) is 53.6 Å².